The van der Waals surface area contributed by atoms with Gasteiger partial charge in [-0.05, 0) is 30.2 Å². The second-order valence-electron chi connectivity index (χ2n) is 6.57. The molecule has 136 valence electrons. The number of benzene rings is 1. The third kappa shape index (κ3) is 4.68. The Morgan fingerprint density at radius 1 is 1.20 bits per heavy atom. The van der Waals surface area contributed by atoms with E-state index in [1.54, 1.807) is 17.0 Å². The van der Waals surface area contributed by atoms with E-state index in [9.17, 15) is 13.2 Å². The number of piperazine rings is 1. The van der Waals surface area contributed by atoms with Crippen LogP contribution < -0.4 is 0 Å². The van der Waals surface area contributed by atoms with E-state index in [4.69, 9.17) is 4.74 Å². The van der Waals surface area contributed by atoms with Crippen molar-refractivity contribution in [2.24, 2.45) is 0 Å². The van der Waals surface area contributed by atoms with Crippen molar-refractivity contribution in [3.05, 3.63) is 41.5 Å². The van der Waals surface area contributed by atoms with Crippen LogP contribution in [0.4, 0.5) is 0 Å². The predicted molar refractivity (Wildman–Crippen MR) is 95.4 cm³/mol. The summed E-state index contributed by atoms with van der Waals surface area (Å²) < 4.78 is 28.8. The highest BCUT2D eigenvalue weighted by Crippen LogP contribution is 2.15. The van der Waals surface area contributed by atoms with Crippen LogP contribution in [0.1, 0.15) is 16.8 Å². The summed E-state index contributed by atoms with van der Waals surface area (Å²) >= 11 is 0. The van der Waals surface area contributed by atoms with Gasteiger partial charge in [0.15, 0.2) is 9.84 Å². The van der Waals surface area contributed by atoms with Crippen molar-refractivity contribution < 1.29 is 17.9 Å². The van der Waals surface area contributed by atoms with Crippen molar-refractivity contribution in [1.29, 1.82) is 0 Å². The lowest BCUT2D eigenvalue weighted by molar-refractivity contribution is 0.0637. The van der Waals surface area contributed by atoms with E-state index in [-0.39, 0.29) is 10.8 Å². The number of carbonyl (C=O) groups is 1. The van der Waals surface area contributed by atoms with E-state index in [0.29, 0.717) is 25.3 Å². The average molecular weight is 364 g/mol. The fourth-order valence-electron chi connectivity index (χ4n) is 3.16. The van der Waals surface area contributed by atoms with Crippen LogP contribution in [0.3, 0.4) is 0 Å². The number of carbonyl (C=O) groups excluding carboxylic acids is 1. The van der Waals surface area contributed by atoms with Crippen LogP contribution in [0.15, 0.2) is 40.8 Å². The van der Waals surface area contributed by atoms with Crippen LogP contribution >= 0.6 is 0 Å². The van der Waals surface area contributed by atoms with Gasteiger partial charge in [-0.15, -0.1) is 0 Å². The van der Waals surface area contributed by atoms with E-state index in [1.165, 1.54) is 17.7 Å². The number of rotatable bonds is 4. The average Bonchev–Trinajstić information content (AvgIpc) is 2.62. The van der Waals surface area contributed by atoms with Crippen LogP contribution in [-0.4, -0.2) is 76.3 Å². The Kier molecular flexibility index (Phi) is 5.56. The smallest absolute Gasteiger partial charge is 0.253 e. The van der Waals surface area contributed by atoms with Crippen molar-refractivity contribution in [3.8, 4) is 0 Å². The summed E-state index contributed by atoms with van der Waals surface area (Å²) in [6, 6.07) is 6.28. The molecule has 1 saturated heterocycles. The van der Waals surface area contributed by atoms with Gasteiger partial charge in [-0.25, -0.2) is 8.42 Å². The Morgan fingerprint density at radius 3 is 2.60 bits per heavy atom. The molecular weight excluding hydrogens is 340 g/mol. The molecule has 0 N–H and O–H groups in total. The predicted octanol–water partition coefficient (Wildman–Crippen LogP) is 1.19. The SMILES string of the molecule is CS(=O)(=O)c1cccc(C(=O)N2CCN(CC3=CCCOC3)CC2)c1. The summed E-state index contributed by atoms with van der Waals surface area (Å²) in [6.07, 6.45) is 4.38. The summed E-state index contributed by atoms with van der Waals surface area (Å²) in [4.78, 5) is 17.0. The molecule has 0 unspecified atom stereocenters. The quantitative estimate of drug-likeness (QED) is 0.751. The highest BCUT2D eigenvalue weighted by atomic mass is 32.2. The molecule has 1 fully saturated rings. The van der Waals surface area contributed by atoms with Crippen molar-refractivity contribution in [2.45, 2.75) is 11.3 Å². The molecule has 0 bridgehead atoms. The maximum absolute atomic E-state index is 12.7. The molecule has 0 aromatic heterocycles. The zero-order valence-corrected chi connectivity index (χ0v) is 15.3. The van der Waals surface area contributed by atoms with Gasteiger partial charge in [0.2, 0.25) is 0 Å². The highest BCUT2D eigenvalue weighted by Gasteiger charge is 2.23. The first kappa shape index (κ1) is 18.1. The van der Waals surface area contributed by atoms with E-state index in [0.717, 1.165) is 38.9 Å². The third-order valence-corrected chi connectivity index (χ3v) is 5.69. The third-order valence-electron chi connectivity index (χ3n) is 4.58. The normalized spacial score (nSPS) is 19.6. The molecule has 6 nitrogen and oxygen atoms in total. The lowest BCUT2D eigenvalue weighted by atomic mass is 10.1. The Hall–Kier alpha value is -1.70. The maximum Gasteiger partial charge on any atom is 0.253 e. The van der Waals surface area contributed by atoms with Gasteiger partial charge in [-0.2, -0.15) is 0 Å². The number of hydrogen-bond acceptors (Lipinski definition) is 5. The fraction of sp³-hybridized carbons (Fsp3) is 0.500. The molecule has 25 heavy (non-hydrogen) atoms. The van der Waals surface area contributed by atoms with E-state index in [2.05, 4.69) is 11.0 Å². The van der Waals surface area contributed by atoms with Crippen molar-refractivity contribution in [1.82, 2.24) is 9.80 Å². The molecule has 1 amide bonds. The highest BCUT2D eigenvalue weighted by molar-refractivity contribution is 7.90. The zero-order chi connectivity index (χ0) is 17.9. The van der Waals surface area contributed by atoms with Crippen LogP contribution in [0.2, 0.25) is 0 Å². The Morgan fingerprint density at radius 2 is 1.96 bits per heavy atom. The first-order valence-electron chi connectivity index (χ1n) is 8.51. The second kappa shape index (κ2) is 7.68. The molecule has 1 aromatic carbocycles. The molecule has 1 aromatic rings. The minimum atomic E-state index is -3.31. The first-order valence-corrected chi connectivity index (χ1v) is 10.4. The van der Waals surface area contributed by atoms with Gasteiger partial charge in [0.1, 0.15) is 0 Å². The number of nitrogens with zero attached hydrogens (tertiary/aromatic N) is 2. The minimum absolute atomic E-state index is 0.106. The Labute approximate surface area is 149 Å². The fourth-order valence-corrected chi connectivity index (χ4v) is 3.82. The van der Waals surface area contributed by atoms with Crippen LogP contribution in [0, 0.1) is 0 Å². The molecule has 7 heteroatoms. The van der Waals surface area contributed by atoms with Crippen LogP contribution in [0.25, 0.3) is 0 Å². The molecule has 0 radical (unpaired) electrons. The summed E-state index contributed by atoms with van der Waals surface area (Å²) in [5, 5.41) is 0. The Balaban J connectivity index is 1.59. The minimum Gasteiger partial charge on any atom is -0.377 e. The Bertz CT molecular complexity index is 765. The topological polar surface area (TPSA) is 66.9 Å². The van der Waals surface area contributed by atoms with E-state index in [1.807, 2.05) is 0 Å². The molecule has 0 atom stereocenters. The molecule has 3 rings (SSSR count). The largest absolute Gasteiger partial charge is 0.377 e. The molecule has 2 aliphatic rings. The molecule has 0 spiro atoms. The summed E-state index contributed by atoms with van der Waals surface area (Å²) in [7, 11) is -3.31. The number of ether oxygens (including phenoxy) is 1. The van der Waals surface area contributed by atoms with Gasteiger partial charge >= 0.3 is 0 Å². The van der Waals surface area contributed by atoms with E-state index < -0.39 is 9.84 Å². The van der Waals surface area contributed by atoms with Gasteiger partial charge in [0.25, 0.3) is 5.91 Å². The molecular formula is C18H24N2O4S. The van der Waals surface area contributed by atoms with Gasteiger partial charge in [-0.1, -0.05) is 12.1 Å². The number of sulfone groups is 1. The van der Waals surface area contributed by atoms with Gasteiger partial charge < -0.3 is 9.64 Å². The van der Waals surface area contributed by atoms with Crippen LogP contribution in [-0.2, 0) is 14.6 Å². The summed E-state index contributed by atoms with van der Waals surface area (Å²) in [6.45, 7) is 5.33. The first-order chi connectivity index (χ1) is 11.9. The van der Waals surface area contributed by atoms with Crippen LogP contribution in [0.5, 0.6) is 0 Å². The van der Waals surface area contributed by atoms with Crippen molar-refractivity contribution >= 4 is 15.7 Å². The monoisotopic (exact) mass is 364 g/mol. The molecule has 0 saturated carbocycles. The molecule has 2 heterocycles. The van der Waals surface area contributed by atoms with Crippen molar-refractivity contribution in [2.75, 3.05) is 52.2 Å². The lowest BCUT2D eigenvalue weighted by Gasteiger charge is -2.35. The van der Waals surface area contributed by atoms with E-state index >= 15 is 0 Å². The van der Waals surface area contributed by atoms with Gasteiger partial charge in [0.05, 0.1) is 18.1 Å². The van der Waals surface area contributed by atoms with Crippen molar-refractivity contribution in [3.63, 3.8) is 0 Å². The van der Waals surface area contributed by atoms with Gasteiger partial charge in [-0.3, -0.25) is 9.69 Å². The van der Waals surface area contributed by atoms with Gasteiger partial charge in [0, 0.05) is 44.5 Å². The number of amides is 1. The molecule has 2 aliphatic heterocycles. The standard InChI is InChI=1S/C18H24N2O4S/c1-25(22,23)17-6-2-5-16(12-17)18(21)20-9-7-19(8-10-20)13-15-4-3-11-24-14-15/h2,4-6,12H,3,7-11,13-14H2,1H3. The number of hydrogen-bond donors (Lipinski definition) is 0. The summed E-state index contributed by atoms with van der Waals surface area (Å²) in [5.41, 5.74) is 1.74. The summed E-state index contributed by atoms with van der Waals surface area (Å²) in [5.74, 6) is -0.106. The molecule has 0 aliphatic carbocycles. The lowest BCUT2D eigenvalue weighted by Crippen LogP contribution is -2.49. The zero-order valence-electron chi connectivity index (χ0n) is 14.5. The maximum atomic E-state index is 12.7. The second-order valence-corrected chi connectivity index (χ2v) is 8.59.